The number of nitrogens with one attached hydrogen (secondary N) is 1. The molecule has 0 saturated heterocycles. The van der Waals surface area contributed by atoms with Crippen molar-refractivity contribution in [3.8, 4) is 5.75 Å². The van der Waals surface area contributed by atoms with E-state index in [1.165, 1.54) is 0 Å². The largest absolute Gasteiger partial charge is 0.482 e. The van der Waals surface area contributed by atoms with E-state index in [2.05, 4.69) is 5.32 Å². The number of amides is 2. The minimum atomic E-state index is -1.21. The van der Waals surface area contributed by atoms with Gasteiger partial charge in [-0.1, -0.05) is 30.3 Å². The minimum absolute atomic E-state index is 0.0487. The van der Waals surface area contributed by atoms with Crippen molar-refractivity contribution in [1.82, 2.24) is 0 Å². The predicted molar refractivity (Wildman–Crippen MR) is 95.0 cm³/mol. The third kappa shape index (κ3) is 4.07. The van der Waals surface area contributed by atoms with Crippen LogP contribution in [0, 0.1) is 0 Å². The summed E-state index contributed by atoms with van der Waals surface area (Å²) in [6.07, 6.45) is 1.67. The second-order valence-corrected chi connectivity index (χ2v) is 5.60. The average Bonchev–Trinajstić information content (AvgIpc) is 2.63. The molecular weight excluding hydrogens is 336 g/mol. The van der Waals surface area contributed by atoms with Crippen molar-refractivity contribution in [3.63, 3.8) is 0 Å². The SMILES string of the molecule is O=C(O)/C=C/C(=O)Nc1ccc2c(c1)N(Cc1ccccc1)C(=O)CO2. The summed E-state index contributed by atoms with van der Waals surface area (Å²) in [6.45, 7) is 0.333. The van der Waals surface area contributed by atoms with Crippen LogP contribution in [0.1, 0.15) is 5.56 Å². The summed E-state index contributed by atoms with van der Waals surface area (Å²) >= 11 is 0. The number of carbonyl (C=O) groups is 3. The van der Waals surface area contributed by atoms with Crippen LogP contribution in [0.5, 0.6) is 5.75 Å². The van der Waals surface area contributed by atoms with Crippen LogP contribution in [0.2, 0.25) is 0 Å². The molecule has 132 valence electrons. The number of fused-ring (bicyclic) bond motifs is 1. The Labute approximate surface area is 149 Å². The maximum absolute atomic E-state index is 12.3. The molecule has 7 heteroatoms. The van der Waals surface area contributed by atoms with E-state index in [9.17, 15) is 14.4 Å². The van der Waals surface area contributed by atoms with Crippen LogP contribution < -0.4 is 15.0 Å². The lowest BCUT2D eigenvalue weighted by Crippen LogP contribution is -2.38. The van der Waals surface area contributed by atoms with Crippen LogP contribution in [0.4, 0.5) is 11.4 Å². The molecule has 0 spiro atoms. The Morgan fingerprint density at radius 1 is 1.15 bits per heavy atom. The van der Waals surface area contributed by atoms with Crippen LogP contribution >= 0.6 is 0 Å². The highest BCUT2D eigenvalue weighted by Gasteiger charge is 2.26. The van der Waals surface area contributed by atoms with Gasteiger partial charge in [-0.05, 0) is 23.8 Å². The molecule has 2 aromatic rings. The van der Waals surface area contributed by atoms with Gasteiger partial charge in [0.15, 0.2) is 6.61 Å². The summed E-state index contributed by atoms with van der Waals surface area (Å²) in [5.74, 6) is -1.43. The lowest BCUT2D eigenvalue weighted by Gasteiger charge is -2.30. The Kier molecular flexibility index (Phi) is 4.98. The summed E-state index contributed by atoms with van der Waals surface area (Å²) in [6, 6.07) is 14.4. The van der Waals surface area contributed by atoms with Crippen LogP contribution in [0.15, 0.2) is 60.7 Å². The number of rotatable bonds is 5. The van der Waals surface area contributed by atoms with Crippen LogP contribution in [-0.2, 0) is 20.9 Å². The van der Waals surface area contributed by atoms with E-state index in [1.54, 1.807) is 23.1 Å². The molecule has 0 atom stereocenters. The molecule has 0 aliphatic carbocycles. The van der Waals surface area contributed by atoms with E-state index >= 15 is 0 Å². The summed E-state index contributed by atoms with van der Waals surface area (Å²) in [7, 11) is 0. The quantitative estimate of drug-likeness (QED) is 0.804. The maximum atomic E-state index is 12.3. The number of anilines is 2. The standard InChI is InChI=1S/C19H16N2O5/c22-17(8-9-19(24)25)20-14-6-7-16-15(10-14)21(18(23)12-26-16)11-13-4-2-1-3-5-13/h1-10H,11-12H2,(H,20,22)(H,24,25)/b9-8+. The number of aliphatic carboxylic acids is 1. The molecule has 1 aliphatic heterocycles. The Bertz CT molecular complexity index is 877. The minimum Gasteiger partial charge on any atom is -0.482 e. The second-order valence-electron chi connectivity index (χ2n) is 5.60. The van der Waals surface area contributed by atoms with Crippen LogP contribution in [0.3, 0.4) is 0 Å². The maximum Gasteiger partial charge on any atom is 0.328 e. The van der Waals surface area contributed by atoms with E-state index in [-0.39, 0.29) is 12.5 Å². The van der Waals surface area contributed by atoms with Gasteiger partial charge in [-0.3, -0.25) is 9.59 Å². The summed E-state index contributed by atoms with van der Waals surface area (Å²) < 4.78 is 5.45. The van der Waals surface area contributed by atoms with Gasteiger partial charge in [0.1, 0.15) is 5.75 Å². The van der Waals surface area contributed by atoms with Gasteiger partial charge in [0.25, 0.3) is 5.91 Å². The monoisotopic (exact) mass is 352 g/mol. The summed E-state index contributed by atoms with van der Waals surface area (Å²) in [5.41, 5.74) is 1.94. The van der Waals surface area contributed by atoms with E-state index in [0.717, 1.165) is 17.7 Å². The number of nitrogens with zero attached hydrogens (tertiary/aromatic N) is 1. The molecule has 1 aliphatic rings. The smallest absolute Gasteiger partial charge is 0.328 e. The number of carboxylic acids is 1. The number of carbonyl (C=O) groups excluding carboxylic acids is 2. The van der Waals surface area contributed by atoms with Gasteiger partial charge in [0.05, 0.1) is 12.2 Å². The molecule has 26 heavy (non-hydrogen) atoms. The van der Waals surface area contributed by atoms with E-state index in [1.807, 2.05) is 30.3 Å². The van der Waals surface area contributed by atoms with Crippen molar-refractivity contribution >= 4 is 29.2 Å². The summed E-state index contributed by atoms with van der Waals surface area (Å²) in [5, 5.41) is 11.1. The van der Waals surface area contributed by atoms with Crippen molar-refractivity contribution in [2.24, 2.45) is 0 Å². The highest BCUT2D eigenvalue weighted by Crippen LogP contribution is 2.35. The normalized spacial score (nSPS) is 13.2. The van der Waals surface area contributed by atoms with E-state index in [0.29, 0.717) is 23.7 Å². The molecule has 0 unspecified atom stereocenters. The van der Waals surface area contributed by atoms with Gasteiger partial charge >= 0.3 is 5.97 Å². The van der Waals surface area contributed by atoms with Gasteiger partial charge in [0, 0.05) is 17.8 Å². The Balaban J connectivity index is 1.84. The van der Waals surface area contributed by atoms with Crippen molar-refractivity contribution in [2.45, 2.75) is 6.54 Å². The van der Waals surface area contributed by atoms with Crippen molar-refractivity contribution in [2.75, 3.05) is 16.8 Å². The molecule has 2 aromatic carbocycles. The fourth-order valence-corrected chi connectivity index (χ4v) is 2.55. The molecule has 3 rings (SSSR count). The first-order valence-corrected chi connectivity index (χ1v) is 7.86. The Morgan fingerprint density at radius 2 is 1.92 bits per heavy atom. The highest BCUT2D eigenvalue weighted by atomic mass is 16.5. The van der Waals surface area contributed by atoms with Gasteiger partial charge in [0.2, 0.25) is 5.91 Å². The Morgan fingerprint density at radius 3 is 2.65 bits per heavy atom. The zero-order valence-electron chi connectivity index (χ0n) is 13.7. The molecule has 1 heterocycles. The number of carboxylic acid groups (broad SMARTS) is 1. The molecule has 0 aromatic heterocycles. The molecule has 0 saturated carbocycles. The number of benzene rings is 2. The Hall–Kier alpha value is -3.61. The molecular formula is C19H16N2O5. The van der Waals surface area contributed by atoms with Crippen molar-refractivity contribution in [3.05, 3.63) is 66.2 Å². The van der Waals surface area contributed by atoms with E-state index in [4.69, 9.17) is 9.84 Å². The lowest BCUT2D eigenvalue weighted by molar-refractivity contribution is -0.131. The third-order valence-electron chi connectivity index (χ3n) is 3.73. The second kappa shape index (κ2) is 7.52. The molecule has 2 N–H and O–H groups in total. The number of hydrogen-bond acceptors (Lipinski definition) is 4. The first-order chi connectivity index (χ1) is 12.5. The van der Waals surface area contributed by atoms with Gasteiger partial charge in [-0.25, -0.2) is 4.79 Å². The first kappa shape index (κ1) is 17.2. The zero-order chi connectivity index (χ0) is 18.5. The molecule has 0 radical (unpaired) electrons. The number of ether oxygens (including phenoxy) is 1. The fourth-order valence-electron chi connectivity index (χ4n) is 2.55. The molecule has 2 amide bonds. The van der Waals surface area contributed by atoms with Gasteiger partial charge in [-0.15, -0.1) is 0 Å². The average molecular weight is 352 g/mol. The fraction of sp³-hybridized carbons (Fsp3) is 0.105. The van der Waals surface area contributed by atoms with Crippen molar-refractivity contribution in [1.29, 1.82) is 0 Å². The van der Waals surface area contributed by atoms with Gasteiger partial charge < -0.3 is 20.1 Å². The van der Waals surface area contributed by atoms with Crippen molar-refractivity contribution < 1.29 is 24.2 Å². The summed E-state index contributed by atoms with van der Waals surface area (Å²) in [4.78, 5) is 36.1. The predicted octanol–water partition coefficient (Wildman–Crippen LogP) is 2.19. The van der Waals surface area contributed by atoms with Crippen LogP contribution in [-0.4, -0.2) is 29.5 Å². The molecule has 0 fully saturated rings. The third-order valence-corrected chi connectivity index (χ3v) is 3.73. The first-order valence-electron chi connectivity index (χ1n) is 7.86. The molecule has 0 bridgehead atoms. The molecule has 7 nitrogen and oxygen atoms in total. The van der Waals surface area contributed by atoms with E-state index < -0.39 is 11.9 Å². The zero-order valence-corrected chi connectivity index (χ0v) is 13.7. The lowest BCUT2D eigenvalue weighted by atomic mass is 10.1. The topological polar surface area (TPSA) is 95.9 Å². The highest BCUT2D eigenvalue weighted by molar-refractivity contribution is 6.03. The van der Waals surface area contributed by atoms with Crippen LogP contribution in [0.25, 0.3) is 0 Å². The van der Waals surface area contributed by atoms with Gasteiger partial charge in [-0.2, -0.15) is 0 Å². The number of hydrogen-bond donors (Lipinski definition) is 2.